The van der Waals surface area contributed by atoms with E-state index in [0.29, 0.717) is 29.3 Å². The molecule has 0 bridgehead atoms. The van der Waals surface area contributed by atoms with Crippen molar-refractivity contribution >= 4 is 17.7 Å². The van der Waals surface area contributed by atoms with Crippen molar-refractivity contribution in [3.05, 3.63) is 82.8 Å². The summed E-state index contributed by atoms with van der Waals surface area (Å²) < 4.78 is 7.35. The maximum Gasteiger partial charge on any atom is 0.343 e. The van der Waals surface area contributed by atoms with Crippen LogP contribution in [0.2, 0.25) is 0 Å². The fraction of sp³-hybridized carbons (Fsp3) is 0.280. The van der Waals surface area contributed by atoms with Crippen molar-refractivity contribution in [3.63, 3.8) is 0 Å². The number of benzene rings is 2. The van der Waals surface area contributed by atoms with E-state index in [1.165, 1.54) is 6.33 Å². The number of aromatic nitrogens is 3. The van der Waals surface area contributed by atoms with Gasteiger partial charge in [0.05, 0.1) is 5.56 Å². The van der Waals surface area contributed by atoms with Gasteiger partial charge in [-0.2, -0.15) is 10.1 Å². The fourth-order valence-electron chi connectivity index (χ4n) is 4.46. The highest BCUT2D eigenvalue weighted by atomic mass is 16.5. The lowest BCUT2D eigenvalue weighted by molar-refractivity contribution is -0.118. The average molecular weight is 428 g/mol. The normalized spacial score (nSPS) is 19.1. The van der Waals surface area contributed by atoms with Crippen LogP contribution < -0.4 is 10.1 Å². The SMILES string of the molecule is Cc1ccc(C(=O)Oc2cccc([C@H]3C4=C(CC(C)(C)CC4=O)Nc4ncnn43)c2)cc1. The summed E-state index contributed by atoms with van der Waals surface area (Å²) in [5.41, 5.74) is 3.83. The van der Waals surface area contributed by atoms with Crippen molar-refractivity contribution < 1.29 is 14.3 Å². The molecule has 1 aliphatic heterocycles. The van der Waals surface area contributed by atoms with E-state index >= 15 is 0 Å². The van der Waals surface area contributed by atoms with Crippen LogP contribution in [-0.4, -0.2) is 26.5 Å². The third kappa shape index (κ3) is 3.60. The van der Waals surface area contributed by atoms with Crippen LogP contribution in [0.4, 0.5) is 5.95 Å². The van der Waals surface area contributed by atoms with E-state index in [1.54, 1.807) is 28.9 Å². The third-order valence-corrected chi connectivity index (χ3v) is 5.95. The van der Waals surface area contributed by atoms with Crippen LogP contribution in [0.3, 0.4) is 0 Å². The van der Waals surface area contributed by atoms with Gasteiger partial charge in [-0.1, -0.05) is 43.7 Å². The molecule has 0 saturated heterocycles. The highest BCUT2D eigenvalue weighted by Crippen LogP contribution is 2.45. The predicted molar refractivity (Wildman–Crippen MR) is 119 cm³/mol. The second-order valence-electron chi connectivity index (χ2n) is 9.22. The molecule has 32 heavy (non-hydrogen) atoms. The first-order chi connectivity index (χ1) is 15.3. The van der Waals surface area contributed by atoms with Crippen LogP contribution in [-0.2, 0) is 4.79 Å². The predicted octanol–water partition coefficient (Wildman–Crippen LogP) is 4.46. The van der Waals surface area contributed by atoms with Crippen LogP contribution in [0.5, 0.6) is 5.75 Å². The van der Waals surface area contributed by atoms with Gasteiger partial charge in [-0.05, 0) is 48.6 Å². The number of fused-ring (bicyclic) bond motifs is 1. The van der Waals surface area contributed by atoms with Gasteiger partial charge in [0.15, 0.2) is 5.78 Å². The molecule has 1 atom stereocenters. The number of rotatable bonds is 3. The summed E-state index contributed by atoms with van der Waals surface area (Å²) in [7, 11) is 0. The molecule has 0 unspecified atom stereocenters. The number of hydrogen-bond donors (Lipinski definition) is 1. The Balaban J connectivity index is 1.51. The molecule has 0 amide bonds. The maximum absolute atomic E-state index is 13.2. The number of allylic oxidation sites excluding steroid dienone is 2. The molecule has 7 heteroatoms. The first kappa shape index (κ1) is 20.2. The smallest absolute Gasteiger partial charge is 0.343 e. The number of ketones is 1. The van der Waals surface area contributed by atoms with Crippen LogP contribution in [0.25, 0.3) is 0 Å². The summed E-state index contributed by atoms with van der Waals surface area (Å²) in [6, 6.07) is 14.1. The van der Waals surface area contributed by atoms with E-state index < -0.39 is 12.0 Å². The lowest BCUT2D eigenvalue weighted by Crippen LogP contribution is -2.36. The number of carbonyl (C=O) groups is 2. The molecule has 0 radical (unpaired) electrons. The van der Waals surface area contributed by atoms with E-state index in [4.69, 9.17) is 4.74 Å². The average Bonchev–Trinajstić information content (AvgIpc) is 3.20. The molecular weight excluding hydrogens is 404 g/mol. The van der Waals surface area contributed by atoms with Gasteiger partial charge in [0, 0.05) is 17.7 Å². The van der Waals surface area contributed by atoms with E-state index in [2.05, 4.69) is 29.2 Å². The molecule has 0 saturated carbocycles. The minimum absolute atomic E-state index is 0.0944. The monoisotopic (exact) mass is 428 g/mol. The molecular formula is C25H24N4O3. The molecule has 1 aromatic heterocycles. The molecule has 1 aliphatic carbocycles. The largest absolute Gasteiger partial charge is 0.423 e. The number of nitrogens with zero attached hydrogens (tertiary/aromatic N) is 3. The molecule has 3 aromatic rings. The third-order valence-electron chi connectivity index (χ3n) is 5.95. The Labute approximate surface area is 186 Å². The fourth-order valence-corrected chi connectivity index (χ4v) is 4.46. The second kappa shape index (κ2) is 7.44. The molecule has 2 heterocycles. The van der Waals surface area contributed by atoms with Gasteiger partial charge in [-0.3, -0.25) is 4.79 Å². The number of carbonyl (C=O) groups excluding carboxylic acids is 2. The van der Waals surface area contributed by atoms with Crippen molar-refractivity contribution in [2.24, 2.45) is 5.41 Å². The van der Waals surface area contributed by atoms with Crippen molar-refractivity contribution in [2.75, 3.05) is 5.32 Å². The lowest BCUT2D eigenvalue weighted by Gasteiger charge is -2.38. The quantitative estimate of drug-likeness (QED) is 0.490. The summed E-state index contributed by atoms with van der Waals surface area (Å²) in [5, 5.41) is 7.67. The Morgan fingerprint density at radius 1 is 1.16 bits per heavy atom. The van der Waals surface area contributed by atoms with Gasteiger partial charge in [-0.15, -0.1) is 0 Å². The Morgan fingerprint density at radius 3 is 2.72 bits per heavy atom. The Morgan fingerprint density at radius 2 is 1.94 bits per heavy atom. The summed E-state index contributed by atoms with van der Waals surface area (Å²) in [6.07, 6.45) is 2.69. The zero-order chi connectivity index (χ0) is 22.5. The number of Topliss-reactive ketones (excluding diaryl/α,β-unsaturated/α-hetero) is 1. The van der Waals surface area contributed by atoms with Crippen molar-refractivity contribution in [2.45, 2.75) is 39.7 Å². The molecule has 162 valence electrons. The first-order valence-corrected chi connectivity index (χ1v) is 10.6. The van der Waals surface area contributed by atoms with Gasteiger partial charge < -0.3 is 10.1 Å². The van der Waals surface area contributed by atoms with Crippen molar-refractivity contribution in [3.8, 4) is 5.75 Å². The van der Waals surface area contributed by atoms with E-state index in [9.17, 15) is 9.59 Å². The Bertz CT molecular complexity index is 1250. The standard InChI is InChI=1S/C25H24N4O3/c1-15-7-9-16(10-8-15)23(31)32-18-6-4-5-17(11-18)22-21-19(12-25(2,3)13-20(21)30)28-24-26-14-27-29(22)24/h4-11,14,22H,12-13H2,1-3H3,(H,26,27,28)/t22-/m0/s1. The summed E-state index contributed by atoms with van der Waals surface area (Å²) in [4.78, 5) is 30.1. The van der Waals surface area contributed by atoms with Crippen LogP contribution in [0.1, 0.15) is 54.2 Å². The minimum atomic E-state index is -0.427. The number of anilines is 1. The number of nitrogens with one attached hydrogen (secondary N) is 1. The van der Waals surface area contributed by atoms with E-state index in [-0.39, 0.29) is 11.2 Å². The van der Waals surface area contributed by atoms with Crippen molar-refractivity contribution in [1.29, 1.82) is 0 Å². The van der Waals surface area contributed by atoms with E-state index in [0.717, 1.165) is 23.2 Å². The number of aryl methyl sites for hydroxylation is 1. The maximum atomic E-state index is 13.2. The van der Waals surface area contributed by atoms with Crippen molar-refractivity contribution in [1.82, 2.24) is 14.8 Å². The molecule has 2 aromatic carbocycles. The molecule has 0 spiro atoms. The molecule has 0 fully saturated rings. The zero-order valence-electron chi connectivity index (χ0n) is 18.3. The van der Waals surface area contributed by atoms with Gasteiger partial charge in [-0.25, -0.2) is 9.48 Å². The number of hydrogen-bond acceptors (Lipinski definition) is 6. The first-order valence-electron chi connectivity index (χ1n) is 10.6. The highest BCUT2D eigenvalue weighted by Gasteiger charge is 2.41. The summed E-state index contributed by atoms with van der Waals surface area (Å²) >= 11 is 0. The molecule has 5 rings (SSSR count). The van der Waals surface area contributed by atoms with Gasteiger partial charge in [0.25, 0.3) is 0 Å². The van der Waals surface area contributed by atoms with Crippen LogP contribution in [0, 0.1) is 12.3 Å². The highest BCUT2D eigenvalue weighted by molar-refractivity contribution is 6.00. The Hall–Kier alpha value is -3.74. The molecule has 7 nitrogen and oxygen atoms in total. The van der Waals surface area contributed by atoms with Gasteiger partial charge >= 0.3 is 5.97 Å². The summed E-state index contributed by atoms with van der Waals surface area (Å²) in [5.74, 6) is 0.682. The topological polar surface area (TPSA) is 86.1 Å². The van der Waals surface area contributed by atoms with Crippen LogP contribution in [0.15, 0.2) is 66.1 Å². The van der Waals surface area contributed by atoms with Gasteiger partial charge in [0.1, 0.15) is 18.1 Å². The number of ether oxygens (including phenoxy) is 1. The van der Waals surface area contributed by atoms with E-state index in [1.807, 2.05) is 31.2 Å². The Kier molecular flexibility index (Phi) is 4.69. The minimum Gasteiger partial charge on any atom is -0.423 e. The van der Waals surface area contributed by atoms with Crippen LogP contribution >= 0.6 is 0 Å². The summed E-state index contributed by atoms with van der Waals surface area (Å²) in [6.45, 7) is 6.15. The van der Waals surface area contributed by atoms with Gasteiger partial charge in [0.2, 0.25) is 5.95 Å². The molecule has 2 aliphatic rings. The lowest BCUT2D eigenvalue weighted by atomic mass is 9.73. The second-order valence-corrected chi connectivity index (χ2v) is 9.22. The number of esters is 1. The molecule has 1 N–H and O–H groups in total. The zero-order valence-corrected chi connectivity index (χ0v) is 18.3.